The third-order valence-electron chi connectivity index (χ3n) is 2.30. The maximum absolute atomic E-state index is 9.08. The van der Waals surface area contributed by atoms with Crippen LogP contribution in [0.15, 0.2) is 30.4 Å². The van der Waals surface area contributed by atoms with Crippen molar-refractivity contribution in [3.63, 3.8) is 0 Å². The van der Waals surface area contributed by atoms with E-state index in [0.717, 1.165) is 23.3 Å². The van der Waals surface area contributed by atoms with Gasteiger partial charge in [0.05, 0.1) is 6.61 Å². The summed E-state index contributed by atoms with van der Waals surface area (Å²) < 4.78 is 5.58. The first kappa shape index (κ1) is 11.8. The fraction of sp³-hybridized carbons (Fsp3) is 0.385. The van der Waals surface area contributed by atoms with Crippen LogP contribution in [0.3, 0.4) is 0 Å². The van der Waals surface area contributed by atoms with Crippen molar-refractivity contribution in [1.29, 1.82) is 0 Å². The number of rotatable bonds is 5. The Labute approximate surface area is 91.2 Å². The molecule has 1 aromatic rings. The van der Waals surface area contributed by atoms with Crippen molar-refractivity contribution in [1.82, 2.24) is 0 Å². The van der Waals surface area contributed by atoms with Gasteiger partial charge in [-0.1, -0.05) is 31.2 Å². The summed E-state index contributed by atoms with van der Waals surface area (Å²) in [6.45, 7) is 4.70. The normalized spacial score (nSPS) is 10.9. The van der Waals surface area contributed by atoms with E-state index >= 15 is 0 Å². The van der Waals surface area contributed by atoms with Crippen molar-refractivity contribution in [2.45, 2.75) is 26.9 Å². The monoisotopic (exact) mass is 206 g/mol. The van der Waals surface area contributed by atoms with Crippen LogP contribution in [0.5, 0.6) is 5.75 Å². The molecule has 0 saturated carbocycles. The van der Waals surface area contributed by atoms with Gasteiger partial charge < -0.3 is 9.84 Å². The molecule has 0 aromatic heterocycles. The average molecular weight is 206 g/mol. The molecule has 1 aromatic carbocycles. The molecule has 0 heterocycles. The number of hydrogen-bond acceptors (Lipinski definition) is 2. The first-order valence-corrected chi connectivity index (χ1v) is 5.26. The van der Waals surface area contributed by atoms with Crippen LogP contribution in [-0.2, 0) is 6.61 Å². The molecule has 15 heavy (non-hydrogen) atoms. The molecule has 0 fully saturated rings. The third-order valence-corrected chi connectivity index (χ3v) is 2.30. The highest BCUT2D eigenvalue weighted by Crippen LogP contribution is 2.21. The van der Waals surface area contributed by atoms with E-state index in [1.807, 2.05) is 31.2 Å². The van der Waals surface area contributed by atoms with Gasteiger partial charge in [-0.15, -0.1) is 0 Å². The number of aliphatic hydroxyl groups is 1. The Morgan fingerprint density at radius 3 is 2.80 bits per heavy atom. The van der Waals surface area contributed by atoms with Crippen molar-refractivity contribution in [3.8, 4) is 5.75 Å². The van der Waals surface area contributed by atoms with Crippen LogP contribution in [0.2, 0.25) is 0 Å². The van der Waals surface area contributed by atoms with Gasteiger partial charge in [0.2, 0.25) is 0 Å². The van der Waals surface area contributed by atoms with E-state index in [1.54, 1.807) is 0 Å². The van der Waals surface area contributed by atoms with Gasteiger partial charge in [0, 0.05) is 0 Å². The van der Waals surface area contributed by atoms with Crippen LogP contribution in [-0.4, -0.2) is 11.7 Å². The molecule has 82 valence electrons. The second kappa shape index (κ2) is 6.25. The van der Waals surface area contributed by atoms with Gasteiger partial charge in [-0.3, -0.25) is 0 Å². The Balaban J connectivity index is 2.64. The average Bonchev–Trinajstić information content (AvgIpc) is 2.26. The van der Waals surface area contributed by atoms with Crippen LogP contribution >= 0.6 is 0 Å². The Hall–Kier alpha value is -1.28. The summed E-state index contributed by atoms with van der Waals surface area (Å²) in [6, 6.07) is 5.73. The highest BCUT2D eigenvalue weighted by atomic mass is 16.5. The summed E-state index contributed by atoms with van der Waals surface area (Å²) >= 11 is 0. The molecular weight excluding hydrogens is 188 g/mol. The Morgan fingerprint density at radius 2 is 2.13 bits per heavy atom. The van der Waals surface area contributed by atoms with Gasteiger partial charge in [0.15, 0.2) is 0 Å². The van der Waals surface area contributed by atoms with Gasteiger partial charge in [-0.25, -0.2) is 0 Å². The number of benzene rings is 1. The molecule has 1 N–H and O–H groups in total. The van der Waals surface area contributed by atoms with Crippen LogP contribution in [0.4, 0.5) is 0 Å². The zero-order valence-electron chi connectivity index (χ0n) is 9.36. The lowest BCUT2D eigenvalue weighted by Gasteiger charge is -2.09. The van der Waals surface area contributed by atoms with Crippen LogP contribution in [0, 0.1) is 6.92 Å². The molecule has 2 nitrogen and oxygen atoms in total. The van der Waals surface area contributed by atoms with Crippen molar-refractivity contribution in [2.24, 2.45) is 0 Å². The second-order valence-electron chi connectivity index (χ2n) is 3.39. The minimum atomic E-state index is 0.0633. The van der Waals surface area contributed by atoms with Crippen LogP contribution in [0.25, 0.3) is 0 Å². The van der Waals surface area contributed by atoms with E-state index in [2.05, 4.69) is 13.0 Å². The third kappa shape index (κ3) is 3.40. The van der Waals surface area contributed by atoms with E-state index < -0.39 is 0 Å². The molecule has 0 saturated heterocycles. The molecule has 0 spiro atoms. The fourth-order valence-electron chi connectivity index (χ4n) is 1.36. The van der Waals surface area contributed by atoms with Gasteiger partial charge in [-0.2, -0.15) is 0 Å². The molecule has 0 aliphatic carbocycles. The van der Waals surface area contributed by atoms with E-state index in [-0.39, 0.29) is 6.61 Å². The molecule has 0 bridgehead atoms. The molecule has 0 aliphatic rings. The molecule has 1 rings (SSSR count). The molecule has 0 amide bonds. The highest BCUT2D eigenvalue weighted by molar-refractivity contribution is 5.38. The van der Waals surface area contributed by atoms with Gasteiger partial charge in [-0.05, 0) is 30.5 Å². The zero-order valence-corrected chi connectivity index (χ0v) is 9.36. The molecular formula is C13H18O2. The lowest BCUT2D eigenvalue weighted by Crippen LogP contribution is -1.98. The van der Waals surface area contributed by atoms with Gasteiger partial charge >= 0.3 is 0 Å². The van der Waals surface area contributed by atoms with Crippen molar-refractivity contribution >= 4 is 0 Å². The quantitative estimate of drug-likeness (QED) is 0.751. The highest BCUT2D eigenvalue weighted by Gasteiger charge is 2.02. The first-order chi connectivity index (χ1) is 7.29. The smallest absolute Gasteiger partial charge is 0.123 e. The van der Waals surface area contributed by atoms with E-state index in [9.17, 15) is 0 Å². The number of allylic oxidation sites excluding steroid dienone is 1. The predicted molar refractivity (Wildman–Crippen MR) is 62.0 cm³/mol. The van der Waals surface area contributed by atoms with Crippen LogP contribution in [0.1, 0.15) is 24.5 Å². The number of hydrogen-bond donors (Lipinski definition) is 1. The standard InChI is InChI=1S/C13H18O2/c1-3-4-5-9-15-13-8-6-7-12(10-14)11(13)2/h4-8,14H,3,9-10H2,1-2H3. The molecule has 0 aliphatic heterocycles. The summed E-state index contributed by atoms with van der Waals surface area (Å²) in [7, 11) is 0. The van der Waals surface area contributed by atoms with E-state index in [0.29, 0.717) is 6.61 Å². The Kier molecular flexibility index (Phi) is 4.91. The second-order valence-corrected chi connectivity index (χ2v) is 3.39. The Bertz CT molecular complexity index is 329. The number of aliphatic hydroxyl groups excluding tert-OH is 1. The lowest BCUT2D eigenvalue weighted by atomic mass is 10.1. The zero-order chi connectivity index (χ0) is 11.1. The van der Waals surface area contributed by atoms with Crippen molar-refractivity contribution in [3.05, 3.63) is 41.5 Å². The minimum absolute atomic E-state index is 0.0633. The lowest BCUT2D eigenvalue weighted by molar-refractivity contribution is 0.279. The first-order valence-electron chi connectivity index (χ1n) is 5.26. The van der Waals surface area contributed by atoms with Gasteiger partial charge in [0.1, 0.15) is 12.4 Å². The molecule has 0 atom stereocenters. The largest absolute Gasteiger partial charge is 0.489 e. The summed E-state index contributed by atoms with van der Waals surface area (Å²) in [5.74, 6) is 0.849. The predicted octanol–water partition coefficient (Wildman–Crippen LogP) is 2.83. The molecule has 2 heteroatoms. The van der Waals surface area contributed by atoms with Crippen LogP contribution < -0.4 is 4.74 Å². The van der Waals surface area contributed by atoms with Crippen molar-refractivity contribution in [2.75, 3.05) is 6.61 Å². The van der Waals surface area contributed by atoms with Crippen molar-refractivity contribution < 1.29 is 9.84 Å². The topological polar surface area (TPSA) is 29.5 Å². The molecule has 0 radical (unpaired) electrons. The maximum Gasteiger partial charge on any atom is 0.123 e. The summed E-state index contributed by atoms with van der Waals surface area (Å²) in [6.07, 6.45) is 5.11. The van der Waals surface area contributed by atoms with E-state index in [4.69, 9.17) is 9.84 Å². The van der Waals surface area contributed by atoms with E-state index in [1.165, 1.54) is 0 Å². The SMILES string of the molecule is CCC=CCOc1cccc(CO)c1C. The minimum Gasteiger partial charge on any atom is -0.489 e. The maximum atomic E-state index is 9.08. The summed E-state index contributed by atoms with van der Waals surface area (Å²) in [4.78, 5) is 0. The summed E-state index contributed by atoms with van der Waals surface area (Å²) in [5.41, 5.74) is 1.94. The fourth-order valence-corrected chi connectivity index (χ4v) is 1.36. The van der Waals surface area contributed by atoms with Gasteiger partial charge in [0.25, 0.3) is 0 Å². The summed E-state index contributed by atoms with van der Waals surface area (Å²) in [5, 5.41) is 9.08. The number of ether oxygens (including phenoxy) is 1. The molecule has 0 unspecified atom stereocenters. The Morgan fingerprint density at radius 1 is 1.33 bits per heavy atom.